The first-order valence-electron chi connectivity index (χ1n) is 13.2. The van der Waals surface area contributed by atoms with Crippen molar-refractivity contribution in [2.24, 2.45) is 5.73 Å². The summed E-state index contributed by atoms with van der Waals surface area (Å²) in [5, 5.41) is 19.2. The Morgan fingerprint density at radius 1 is 1.00 bits per heavy atom. The Hall–Kier alpha value is -4.34. The van der Waals surface area contributed by atoms with Crippen molar-refractivity contribution in [2.75, 3.05) is 6.54 Å². The molecule has 0 aliphatic rings. The number of hydrogen-bond donors (Lipinski definition) is 4. The first-order valence-corrected chi connectivity index (χ1v) is 13.2. The van der Waals surface area contributed by atoms with E-state index >= 15 is 0 Å². The van der Waals surface area contributed by atoms with Crippen LogP contribution in [0.3, 0.4) is 0 Å². The van der Waals surface area contributed by atoms with E-state index in [9.17, 15) is 18.7 Å². The van der Waals surface area contributed by atoms with Gasteiger partial charge in [0, 0.05) is 47.9 Å². The van der Waals surface area contributed by atoms with Gasteiger partial charge in [-0.3, -0.25) is 9.89 Å². The summed E-state index contributed by atoms with van der Waals surface area (Å²) in [5.41, 5.74) is 11.3. The number of aliphatic hydroxyl groups is 1. The summed E-state index contributed by atoms with van der Waals surface area (Å²) in [6.07, 6.45) is 1.58. The van der Waals surface area contributed by atoms with Gasteiger partial charge in [-0.25, -0.2) is 8.78 Å². The van der Waals surface area contributed by atoms with E-state index < -0.39 is 23.8 Å². The Balaban J connectivity index is 1.39. The molecular formula is C31H31F2N5O2. The summed E-state index contributed by atoms with van der Waals surface area (Å²) in [4.78, 5) is 18.5. The maximum atomic E-state index is 13.8. The highest BCUT2D eigenvalue weighted by Gasteiger charge is 2.25. The number of nitrogens with two attached hydrogens (primary N) is 1. The van der Waals surface area contributed by atoms with Crippen molar-refractivity contribution >= 4 is 16.8 Å². The topological polar surface area (TPSA) is 111 Å². The van der Waals surface area contributed by atoms with Crippen LogP contribution in [0.4, 0.5) is 8.78 Å². The molecule has 3 aromatic carbocycles. The molecule has 40 heavy (non-hydrogen) atoms. The van der Waals surface area contributed by atoms with Gasteiger partial charge in [0.05, 0.1) is 11.8 Å². The van der Waals surface area contributed by atoms with Crippen LogP contribution < -0.4 is 5.73 Å². The van der Waals surface area contributed by atoms with Crippen molar-refractivity contribution in [3.05, 3.63) is 113 Å². The number of carbonyl (C=O) groups excluding carboxylic acids is 1. The fraction of sp³-hybridized carbons (Fsp3) is 0.226. The Morgan fingerprint density at radius 2 is 1.75 bits per heavy atom. The first-order chi connectivity index (χ1) is 19.3. The summed E-state index contributed by atoms with van der Waals surface area (Å²) >= 11 is 0. The molecule has 1 amide bonds. The number of rotatable bonds is 10. The quantitative estimate of drug-likeness (QED) is 0.199. The summed E-state index contributed by atoms with van der Waals surface area (Å²) in [7, 11) is 0. The van der Waals surface area contributed by atoms with E-state index in [-0.39, 0.29) is 31.1 Å². The molecule has 0 saturated carbocycles. The minimum atomic E-state index is -1.15. The number of amides is 1. The standard InChI is InChI=1S/C31H31F2N5O2/c1-2-19-6-5-7-20(10-19)17-38(18-30(39)26(34)13-21-11-22(32)14-23(33)12-21)31(40)29-15-28(36-37-29)25-16-35-27-9-4-3-8-24(25)27/h3-12,14-16,26,30,35,39H,2,13,17-18,34H2,1H3,(H,36,37)/t26-,30+/m0/s1. The second-order valence-electron chi connectivity index (χ2n) is 9.99. The molecule has 0 unspecified atom stereocenters. The average molecular weight is 544 g/mol. The molecule has 206 valence electrons. The third kappa shape index (κ3) is 6.11. The molecule has 2 heterocycles. The number of benzene rings is 3. The molecule has 5 rings (SSSR count). The van der Waals surface area contributed by atoms with Gasteiger partial charge in [0.25, 0.3) is 5.91 Å². The number of para-hydroxylation sites is 1. The highest BCUT2D eigenvalue weighted by Crippen LogP contribution is 2.28. The van der Waals surface area contributed by atoms with E-state index in [1.807, 2.05) is 54.7 Å². The van der Waals surface area contributed by atoms with Crippen molar-refractivity contribution in [3.63, 3.8) is 0 Å². The van der Waals surface area contributed by atoms with E-state index in [0.29, 0.717) is 11.3 Å². The van der Waals surface area contributed by atoms with Crippen LogP contribution in [0, 0.1) is 11.6 Å². The number of aromatic nitrogens is 3. The van der Waals surface area contributed by atoms with E-state index in [2.05, 4.69) is 22.1 Å². The lowest BCUT2D eigenvalue weighted by molar-refractivity contribution is 0.0549. The maximum absolute atomic E-state index is 13.8. The maximum Gasteiger partial charge on any atom is 0.272 e. The fourth-order valence-corrected chi connectivity index (χ4v) is 4.91. The number of fused-ring (bicyclic) bond motifs is 1. The number of halogens is 2. The molecule has 0 fully saturated rings. The van der Waals surface area contributed by atoms with Crippen molar-refractivity contribution in [2.45, 2.75) is 38.5 Å². The molecule has 0 radical (unpaired) electrons. The molecular weight excluding hydrogens is 512 g/mol. The normalized spacial score (nSPS) is 12.9. The molecule has 5 aromatic rings. The lowest BCUT2D eigenvalue weighted by Crippen LogP contribution is -2.46. The molecule has 0 aliphatic heterocycles. The smallest absolute Gasteiger partial charge is 0.272 e. The van der Waals surface area contributed by atoms with Crippen molar-refractivity contribution in [3.8, 4) is 11.3 Å². The van der Waals surface area contributed by atoms with Gasteiger partial charge in [0.2, 0.25) is 0 Å². The number of carbonyl (C=O) groups is 1. The SMILES string of the molecule is CCc1cccc(CN(C[C@@H](O)[C@@H](N)Cc2cc(F)cc(F)c2)C(=O)c2cc(-c3c[nH]c4ccccc34)n[nH]2)c1. The van der Waals surface area contributed by atoms with Gasteiger partial charge >= 0.3 is 0 Å². The van der Waals surface area contributed by atoms with Crippen molar-refractivity contribution < 1.29 is 18.7 Å². The number of hydrogen-bond acceptors (Lipinski definition) is 4. The Bertz CT molecular complexity index is 1610. The minimum Gasteiger partial charge on any atom is -0.390 e. The minimum absolute atomic E-state index is 0.0396. The molecule has 9 heteroatoms. The Labute approximate surface area is 230 Å². The lowest BCUT2D eigenvalue weighted by Gasteiger charge is -2.28. The Morgan fingerprint density at radius 3 is 2.52 bits per heavy atom. The number of nitrogens with one attached hydrogen (secondary N) is 2. The van der Waals surface area contributed by atoms with Gasteiger partial charge in [0.1, 0.15) is 17.3 Å². The fourth-order valence-electron chi connectivity index (χ4n) is 4.91. The van der Waals surface area contributed by atoms with Gasteiger partial charge < -0.3 is 20.7 Å². The monoisotopic (exact) mass is 543 g/mol. The van der Waals surface area contributed by atoms with Crippen LogP contribution in [0.15, 0.2) is 79.0 Å². The number of aromatic amines is 2. The van der Waals surface area contributed by atoms with Crippen molar-refractivity contribution in [1.82, 2.24) is 20.1 Å². The second kappa shape index (κ2) is 11.8. The van der Waals surface area contributed by atoms with Gasteiger partial charge in [0.15, 0.2) is 0 Å². The third-order valence-corrected chi connectivity index (χ3v) is 7.03. The van der Waals surface area contributed by atoms with Gasteiger partial charge in [-0.1, -0.05) is 49.4 Å². The van der Waals surface area contributed by atoms with Crippen LogP contribution in [0.2, 0.25) is 0 Å². The third-order valence-electron chi connectivity index (χ3n) is 7.03. The highest BCUT2D eigenvalue weighted by molar-refractivity contribution is 5.97. The van der Waals surface area contributed by atoms with Crippen LogP contribution in [0.25, 0.3) is 22.2 Å². The zero-order valence-electron chi connectivity index (χ0n) is 22.1. The number of aliphatic hydroxyl groups excluding tert-OH is 1. The van der Waals surface area contributed by atoms with Gasteiger partial charge in [-0.05, 0) is 53.8 Å². The summed E-state index contributed by atoms with van der Waals surface area (Å²) in [6.45, 7) is 2.19. The predicted molar refractivity (Wildman–Crippen MR) is 150 cm³/mol. The molecule has 0 saturated heterocycles. The van der Waals surface area contributed by atoms with Crippen LogP contribution in [-0.4, -0.2) is 49.8 Å². The molecule has 0 bridgehead atoms. The van der Waals surface area contributed by atoms with Crippen LogP contribution in [0.5, 0.6) is 0 Å². The Kier molecular flexibility index (Phi) is 8.04. The number of aryl methyl sites for hydroxylation is 1. The molecule has 0 spiro atoms. The largest absolute Gasteiger partial charge is 0.390 e. The molecule has 2 aromatic heterocycles. The molecule has 0 aliphatic carbocycles. The zero-order valence-corrected chi connectivity index (χ0v) is 22.1. The van der Waals surface area contributed by atoms with Crippen LogP contribution in [0.1, 0.15) is 34.1 Å². The van der Waals surface area contributed by atoms with Gasteiger partial charge in [-0.15, -0.1) is 0 Å². The number of nitrogens with zero attached hydrogens (tertiary/aromatic N) is 2. The van der Waals surface area contributed by atoms with E-state index in [1.165, 1.54) is 17.0 Å². The second-order valence-corrected chi connectivity index (χ2v) is 9.99. The van der Waals surface area contributed by atoms with E-state index in [1.54, 1.807) is 6.07 Å². The lowest BCUT2D eigenvalue weighted by atomic mass is 10.0. The average Bonchev–Trinajstić information content (AvgIpc) is 3.59. The summed E-state index contributed by atoms with van der Waals surface area (Å²) in [5.74, 6) is -1.78. The predicted octanol–water partition coefficient (Wildman–Crippen LogP) is 4.97. The molecule has 7 nitrogen and oxygen atoms in total. The van der Waals surface area contributed by atoms with Gasteiger partial charge in [-0.2, -0.15) is 5.10 Å². The zero-order chi connectivity index (χ0) is 28.2. The van der Waals surface area contributed by atoms with Crippen LogP contribution >= 0.6 is 0 Å². The van der Waals surface area contributed by atoms with Crippen molar-refractivity contribution in [1.29, 1.82) is 0 Å². The summed E-state index contributed by atoms with van der Waals surface area (Å²) in [6, 6.07) is 19.7. The number of H-pyrrole nitrogens is 2. The van der Waals surface area contributed by atoms with E-state index in [0.717, 1.165) is 40.1 Å². The molecule has 5 N–H and O–H groups in total. The highest BCUT2D eigenvalue weighted by atomic mass is 19.1. The van der Waals surface area contributed by atoms with Crippen LogP contribution in [-0.2, 0) is 19.4 Å². The summed E-state index contributed by atoms with van der Waals surface area (Å²) < 4.78 is 27.3. The first kappa shape index (κ1) is 27.2. The van der Waals surface area contributed by atoms with E-state index in [4.69, 9.17) is 5.73 Å². The molecule has 2 atom stereocenters.